The second-order valence-corrected chi connectivity index (χ2v) is 3.97. The van der Waals surface area contributed by atoms with Gasteiger partial charge in [-0.3, -0.25) is 4.79 Å². The standard InChI is InChI=1S/C12H15N3O/c1-8-12(15(2)7-11(13)16)9-5-3-4-6-10(9)14-8/h3-6,14H,7H2,1-2H3,(H2,13,16). The zero-order chi connectivity index (χ0) is 11.7. The minimum Gasteiger partial charge on any atom is -0.368 e. The number of likely N-dealkylation sites (N-methyl/N-ethyl adjacent to an activating group) is 1. The zero-order valence-corrected chi connectivity index (χ0v) is 9.45. The van der Waals surface area contributed by atoms with Gasteiger partial charge < -0.3 is 15.6 Å². The number of aromatic amines is 1. The predicted molar refractivity (Wildman–Crippen MR) is 65.5 cm³/mol. The van der Waals surface area contributed by atoms with Crippen LogP contribution in [-0.2, 0) is 4.79 Å². The van der Waals surface area contributed by atoms with Crippen LogP contribution in [0.4, 0.5) is 5.69 Å². The number of carbonyl (C=O) groups is 1. The van der Waals surface area contributed by atoms with Crippen LogP contribution in [0.1, 0.15) is 5.69 Å². The zero-order valence-electron chi connectivity index (χ0n) is 9.45. The smallest absolute Gasteiger partial charge is 0.236 e. The number of hydrogen-bond acceptors (Lipinski definition) is 2. The maximum absolute atomic E-state index is 10.9. The Hall–Kier alpha value is -1.97. The number of nitrogens with zero attached hydrogens (tertiary/aromatic N) is 1. The lowest BCUT2D eigenvalue weighted by Crippen LogP contribution is -2.30. The number of H-pyrrole nitrogens is 1. The van der Waals surface area contributed by atoms with Crippen molar-refractivity contribution in [3.63, 3.8) is 0 Å². The normalized spacial score (nSPS) is 10.6. The van der Waals surface area contributed by atoms with Gasteiger partial charge in [0, 0.05) is 23.6 Å². The van der Waals surface area contributed by atoms with Crippen molar-refractivity contribution in [1.29, 1.82) is 0 Å². The fourth-order valence-electron chi connectivity index (χ4n) is 2.07. The topological polar surface area (TPSA) is 62.1 Å². The lowest BCUT2D eigenvalue weighted by molar-refractivity contribution is -0.116. The molecular formula is C12H15N3O. The van der Waals surface area contributed by atoms with Crippen LogP contribution < -0.4 is 10.6 Å². The summed E-state index contributed by atoms with van der Waals surface area (Å²) in [5, 5.41) is 1.11. The van der Waals surface area contributed by atoms with Crippen LogP contribution in [0.15, 0.2) is 24.3 Å². The van der Waals surface area contributed by atoms with E-state index >= 15 is 0 Å². The molecule has 2 aromatic rings. The molecule has 0 saturated heterocycles. The summed E-state index contributed by atoms with van der Waals surface area (Å²) < 4.78 is 0. The van der Waals surface area contributed by atoms with Gasteiger partial charge in [-0.1, -0.05) is 18.2 Å². The summed E-state index contributed by atoms with van der Waals surface area (Å²) in [6, 6.07) is 8.02. The average Bonchev–Trinajstić information content (AvgIpc) is 2.52. The molecule has 1 aromatic heterocycles. The van der Waals surface area contributed by atoms with Gasteiger partial charge in [-0.2, -0.15) is 0 Å². The highest BCUT2D eigenvalue weighted by Gasteiger charge is 2.13. The molecule has 1 heterocycles. The molecule has 0 fully saturated rings. The van der Waals surface area contributed by atoms with E-state index in [1.807, 2.05) is 43.1 Å². The summed E-state index contributed by atoms with van der Waals surface area (Å²) in [5.41, 5.74) is 8.36. The summed E-state index contributed by atoms with van der Waals surface area (Å²) >= 11 is 0. The molecule has 0 radical (unpaired) electrons. The van der Waals surface area contributed by atoms with Crippen molar-refractivity contribution < 1.29 is 4.79 Å². The van der Waals surface area contributed by atoms with Gasteiger partial charge >= 0.3 is 0 Å². The molecule has 0 unspecified atom stereocenters. The van der Waals surface area contributed by atoms with Gasteiger partial charge in [0.2, 0.25) is 5.91 Å². The quantitative estimate of drug-likeness (QED) is 0.816. The third-order valence-electron chi connectivity index (χ3n) is 2.63. The van der Waals surface area contributed by atoms with Crippen molar-refractivity contribution in [3.05, 3.63) is 30.0 Å². The summed E-state index contributed by atoms with van der Waals surface area (Å²) in [5.74, 6) is -0.327. The summed E-state index contributed by atoms with van der Waals surface area (Å²) in [4.78, 5) is 16.1. The Morgan fingerprint density at radius 1 is 1.44 bits per heavy atom. The number of para-hydroxylation sites is 1. The average molecular weight is 217 g/mol. The van der Waals surface area contributed by atoms with E-state index < -0.39 is 0 Å². The Morgan fingerprint density at radius 3 is 2.81 bits per heavy atom. The molecular weight excluding hydrogens is 202 g/mol. The maximum atomic E-state index is 10.9. The van der Waals surface area contributed by atoms with Crippen molar-refractivity contribution in [2.24, 2.45) is 5.73 Å². The number of primary amides is 1. The van der Waals surface area contributed by atoms with Gasteiger partial charge in [0.05, 0.1) is 12.2 Å². The first-order valence-electron chi connectivity index (χ1n) is 5.16. The van der Waals surface area contributed by atoms with Crippen LogP contribution in [0, 0.1) is 6.92 Å². The lowest BCUT2D eigenvalue weighted by atomic mass is 10.2. The molecule has 0 aliphatic rings. The number of aromatic nitrogens is 1. The minimum absolute atomic E-state index is 0.225. The molecule has 0 aliphatic carbocycles. The second-order valence-electron chi connectivity index (χ2n) is 3.97. The highest BCUT2D eigenvalue weighted by atomic mass is 16.1. The molecule has 0 spiro atoms. The van der Waals surface area contributed by atoms with Crippen molar-refractivity contribution in [3.8, 4) is 0 Å². The highest BCUT2D eigenvalue weighted by Crippen LogP contribution is 2.29. The van der Waals surface area contributed by atoms with E-state index in [9.17, 15) is 4.79 Å². The van der Waals surface area contributed by atoms with E-state index in [1.54, 1.807) is 0 Å². The lowest BCUT2D eigenvalue weighted by Gasteiger charge is -2.17. The number of hydrogen-bond donors (Lipinski definition) is 2. The number of carbonyl (C=O) groups excluding carboxylic acids is 1. The van der Waals surface area contributed by atoms with Crippen molar-refractivity contribution in [2.45, 2.75) is 6.92 Å². The monoisotopic (exact) mass is 217 g/mol. The number of nitrogens with one attached hydrogen (secondary N) is 1. The number of benzene rings is 1. The van der Waals surface area contributed by atoms with Gasteiger partial charge in [0.1, 0.15) is 0 Å². The Morgan fingerprint density at radius 2 is 2.12 bits per heavy atom. The van der Waals surface area contributed by atoms with Crippen LogP contribution in [0.3, 0.4) is 0 Å². The number of nitrogens with two attached hydrogens (primary N) is 1. The van der Waals surface area contributed by atoms with Crippen LogP contribution in [0.2, 0.25) is 0 Å². The molecule has 4 heteroatoms. The number of fused-ring (bicyclic) bond motifs is 1. The van der Waals surface area contributed by atoms with Crippen LogP contribution in [-0.4, -0.2) is 24.5 Å². The summed E-state index contributed by atoms with van der Waals surface area (Å²) in [7, 11) is 1.87. The summed E-state index contributed by atoms with van der Waals surface area (Å²) in [6.45, 7) is 2.22. The second kappa shape index (κ2) is 3.89. The largest absolute Gasteiger partial charge is 0.368 e. The summed E-state index contributed by atoms with van der Waals surface area (Å²) in [6.07, 6.45) is 0. The van der Waals surface area contributed by atoms with Crippen molar-refractivity contribution in [2.75, 3.05) is 18.5 Å². The molecule has 1 amide bonds. The first-order valence-corrected chi connectivity index (χ1v) is 5.16. The van der Waals surface area contributed by atoms with Crippen molar-refractivity contribution >= 4 is 22.5 Å². The molecule has 84 valence electrons. The molecule has 3 N–H and O–H groups in total. The van der Waals surface area contributed by atoms with Crippen molar-refractivity contribution in [1.82, 2.24) is 4.98 Å². The van der Waals surface area contributed by atoms with E-state index in [0.29, 0.717) is 0 Å². The number of aryl methyl sites for hydroxylation is 1. The van der Waals surface area contributed by atoms with E-state index in [0.717, 1.165) is 22.3 Å². The molecule has 1 aromatic carbocycles. The van der Waals surface area contributed by atoms with Crippen LogP contribution >= 0.6 is 0 Å². The third kappa shape index (κ3) is 1.74. The molecule has 16 heavy (non-hydrogen) atoms. The number of anilines is 1. The van der Waals surface area contributed by atoms with Gasteiger partial charge in [-0.15, -0.1) is 0 Å². The number of rotatable bonds is 3. The fourth-order valence-corrected chi connectivity index (χ4v) is 2.07. The molecule has 0 saturated carbocycles. The predicted octanol–water partition coefficient (Wildman–Crippen LogP) is 1.40. The Labute approximate surface area is 94.0 Å². The molecule has 0 aliphatic heterocycles. The van der Waals surface area contributed by atoms with Gasteiger partial charge in [0.15, 0.2) is 0 Å². The highest BCUT2D eigenvalue weighted by molar-refractivity contribution is 5.96. The Bertz CT molecular complexity index is 530. The molecule has 4 nitrogen and oxygen atoms in total. The van der Waals surface area contributed by atoms with E-state index in [2.05, 4.69) is 4.98 Å². The minimum atomic E-state index is -0.327. The van der Waals surface area contributed by atoms with Crippen LogP contribution in [0.25, 0.3) is 10.9 Å². The number of amides is 1. The fraction of sp³-hybridized carbons (Fsp3) is 0.250. The van der Waals surface area contributed by atoms with Gasteiger partial charge in [-0.25, -0.2) is 0 Å². The first-order chi connectivity index (χ1) is 7.59. The first kappa shape index (κ1) is 10.5. The van der Waals surface area contributed by atoms with Gasteiger partial charge in [0.25, 0.3) is 0 Å². The molecule has 0 bridgehead atoms. The SMILES string of the molecule is Cc1[nH]c2ccccc2c1N(C)CC(N)=O. The molecule has 2 rings (SSSR count). The Kier molecular flexibility index (Phi) is 2.56. The maximum Gasteiger partial charge on any atom is 0.236 e. The van der Waals surface area contributed by atoms with E-state index in [1.165, 1.54) is 0 Å². The van der Waals surface area contributed by atoms with E-state index in [4.69, 9.17) is 5.73 Å². The van der Waals surface area contributed by atoms with Gasteiger partial charge in [-0.05, 0) is 13.0 Å². The molecule has 0 atom stereocenters. The van der Waals surface area contributed by atoms with E-state index in [-0.39, 0.29) is 12.5 Å². The Balaban J connectivity index is 2.50. The third-order valence-corrected chi connectivity index (χ3v) is 2.63. The van der Waals surface area contributed by atoms with Crippen LogP contribution in [0.5, 0.6) is 0 Å².